The van der Waals surface area contributed by atoms with Crippen LogP contribution in [0.25, 0.3) is 0 Å². The Kier molecular flexibility index (Phi) is 10.7. The topological polar surface area (TPSA) is 43.8 Å². The van der Waals surface area contributed by atoms with Gasteiger partial charge >= 0.3 is 0 Å². The number of carbonyl (C=O) groups is 1. The van der Waals surface area contributed by atoms with Crippen LogP contribution in [0.3, 0.4) is 0 Å². The fraction of sp³-hybridized carbons (Fsp3) is 0.929. The van der Waals surface area contributed by atoms with Gasteiger partial charge in [-0.3, -0.25) is 14.6 Å². The third-order valence-electron chi connectivity index (χ3n) is 4.02. The van der Waals surface area contributed by atoms with Gasteiger partial charge in [0, 0.05) is 46.2 Å². The van der Waals surface area contributed by atoms with E-state index in [0.29, 0.717) is 0 Å². The van der Waals surface area contributed by atoms with Crippen molar-refractivity contribution >= 4 is 75.6 Å². The number of carboxylic acid groups (broad SMARTS) is 1. The first-order valence-electron chi connectivity index (χ1n) is 7.63. The van der Waals surface area contributed by atoms with Crippen molar-refractivity contribution in [3.8, 4) is 0 Å². The Labute approximate surface area is 173 Å². The lowest BCUT2D eigenvalue weighted by Crippen LogP contribution is -2.55. The molecule has 0 unspecified atom stereocenters. The van der Waals surface area contributed by atoms with Gasteiger partial charge in [0.15, 0.2) is 0 Å². The molecule has 4 aliphatic rings. The van der Waals surface area contributed by atoms with Crippen molar-refractivity contribution < 1.29 is 9.90 Å². The Morgan fingerprint density at radius 1 is 0.667 bits per heavy atom. The molecule has 4 nitrogen and oxygen atoms in total. The number of fused-ring (bicyclic) bond motifs is 3. The monoisotopic (exact) mass is 460 g/mol. The van der Waals surface area contributed by atoms with E-state index in [1.807, 2.05) is 0 Å². The summed E-state index contributed by atoms with van der Waals surface area (Å²) in [7, 11) is 0. The first-order valence-corrected chi connectivity index (χ1v) is 10.3. The molecule has 0 radical (unpaired) electrons. The van der Waals surface area contributed by atoms with Crippen molar-refractivity contribution in [1.82, 2.24) is 9.80 Å². The Balaban J connectivity index is 0.000000205. The van der Waals surface area contributed by atoms with Crippen LogP contribution < -0.4 is 0 Å². The highest BCUT2D eigenvalue weighted by Crippen LogP contribution is 2.39. The first kappa shape index (κ1) is 23.2. The van der Waals surface area contributed by atoms with Gasteiger partial charge in [-0.05, 0) is 0 Å². The van der Waals surface area contributed by atoms with Gasteiger partial charge in [-0.2, -0.15) is 0 Å². The highest BCUT2D eigenvalue weighted by Gasteiger charge is 2.46. The standard InChI is InChI=1S/C6H6Cl6.C6H12N2.C2H4O2/c7-1-2(8)4(10)6(12)5(11)3(1)9;1-2-8-5-3-7(1)4-6-8;1-2(3)4/h1-6H;1-6H2;1H3,(H,3,4)/t1-,2-,3-,4+,5+,6+;;. The lowest BCUT2D eigenvalue weighted by molar-refractivity contribution is -0.134. The van der Waals surface area contributed by atoms with Crippen molar-refractivity contribution in [1.29, 1.82) is 0 Å². The van der Waals surface area contributed by atoms with Gasteiger partial charge in [0.25, 0.3) is 5.97 Å². The summed E-state index contributed by atoms with van der Waals surface area (Å²) in [6.45, 7) is 9.00. The molecular formula is C14H22Cl6N2O2. The van der Waals surface area contributed by atoms with E-state index < -0.39 is 38.2 Å². The summed E-state index contributed by atoms with van der Waals surface area (Å²) in [5, 5.41) is 4.80. The third-order valence-corrected chi connectivity index (χ3v) is 8.05. The number of carboxylic acids is 1. The van der Waals surface area contributed by atoms with E-state index >= 15 is 0 Å². The molecule has 10 heteroatoms. The van der Waals surface area contributed by atoms with Gasteiger partial charge in [0.2, 0.25) is 0 Å². The zero-order valence-corrected chi connectivity index (χ0v) is 17.8. The number of hydrogen-bond acceptors (Lipinski definition) is 3. The summed E-state index contributed by atoms with van der Waals surface area (Å²) in [6.07, 6.45) is 0. The average Bonchev–Trinajstić information content (AvgIpc) is 2.58. The second-order valence-electron chi connectivity index (χ2n) is 5.87. The predicted molar refractivity (Wildman–Crippen MR) is 104 cm³/mol. The molecule has 0 amide bonds. The third kappa shape index (κ3) is 7.03. The molecule has 24 heavy (non-hydrogen) atoms. The molecule has 0 aromatic heterocycles. The Bertz CT molecular complexity index is 312. The first-order chi connectivity index (χ1) is 11.1. The van der Waals surface area contributed by atoms with Gasteiger partial charge in [-0.1, -0.05) is 0 Å². The SMILES string of the molecule is C1CN2CCN1CC2.CC(=O)O.Cl[C@H]1[C@H](Cl)[C@@H](Cl)[C@@H](Cl)[C@H](Cl)[C@H]1Cl. The smallest absolute Gasteiger partial charge is 0.300 e. The highest BCUT2D eigenvalue weighted by atomic mass is 35.5. The van der Waals surface area contributed by atoms with E-state index in [2.05, 4.69) is 9.80 Å². The molecule has 1 aliphatic carbocycles. The molecular weight excluding hydrogens is 441 g/mol. The molecule has 3 aliphatic heterocycles. The van der Waals surface area contributed by atoms with E-state index in [9.17, 15) is 0 Å². The van der Waals surface area contributed by atoms with Crippen LogP contribution in [-0.2, 0) is 4.79 Å². The van der Waals surface area contributed by atoms with Gasteiger partial charge in [-0.25, -0.2) is 0 Å². The molecule has 1 saturated carbocycles. The van der Waals surface area contributed by atoms with Crippen LogP contribution in [0.5, 0.6) is 0 Å². The normalized spacial score (nSPS) is 43.8. The van der Waals surface area contributed by atoms with Crippen LogP contribution in [0.2, 0.25) is 0 Å². The molecule has 4 fully saturated rings. The van der Waals surface area contributed by atoms with Crippen molar-refractivity contribution in [2.45, 2.75) is 39.2 Å². The summed E-state index contributed by atoms with van der Waals surface area (Å²) in [6, 6.07) is 0. The minimum Gasteiger partial charge on any atom is -0.481 e. The summed E-state index contributed by atoms with van der Waals surface area (Å²) < 4.78 is 0. The number of rotatable bonds is 0. The lowest BCUT2D eigenvalue weighted by atomic mass is 9.97. The number of aliphatic carboxylic acids is 1. The van der Waals surface area contributed by atoms with Gasteiger partial charge in [0.1, 0.15) is 0 Å². The van der Waals surface area contributed by atoms with Gasteiger partial charge < -0.3 is 5.11 Å². The maximum atomic E-state index is 9.00. The zero-order chi connectivity index (χ0) is 18.4. The molecule has 0 aromatic carbocycles. The number of halogens is 6. The number of alkyl halides is 6. The predicted octanol–water partition coefficient (Wildman–Crippen LogP) is 3.35. The number of hydrogen-bond donors (Lipinski definition) is 1. The van der Waals surface area contributed by atoms with Gasteiger partial charge in [-0.15, -0.1) is 69.6 Å². The molecule has 1 N–H and O–H groups in total. The molecule has 2 bridgehead atoms. The van der Waals surface area contributed by atoms with Crippen LogP contribution in [0.15, 0.2) is 0 Å². The molecule has 142 valence electrons. The Morgan fingerprint density at radius 2 is 0.792 bits per heavy atom. The van der Waals surface area contributed by atoms with Crippen LogP contribution in [0, 0.1) is 0 Å². The minimum absolute atomic E-state index is 0.437. The molecule has 0 spiro atoms. The van der Waals surface area contributed by atoms with Crippen molar-refractivity contribution in [2.24, 2.45) is 0 Å². The average molecular weight is 463 g/mol. The maximum Gasteiger partial charge on any atom is 0.300 e. The maximum absolute atomic E-state index is 9.00. The molecule has 3 heterocycles. The van der Waals surface area contributed by atoms with Gasteiger partial charge in [0.05, 0.1) is 32.3 Å². The second-order valence-corrected chi connectivity index (χ2v) is 8.89. The fourth-order valence-electron chi connectivity index (χ4n) is 2.57. The van der Waals surface area contributed by atoms with E-state index in [4.69, 9.17) is 79.5 Å². The van der Waals surface area contributed by atoms with Crippen molar-refractivity contribution in [3.05, 3.63) is 0 Å². The second kappa shape index (κ2) is 11.1. The lowest BCUT2D eigenvalue weighted by Gasteiger charge is -2.41. The Hall–Kier alpha value is 1.13. The number of nitrogens with zero attached hydrogens (tertiary/aromatic N) is 2. The van der Waals surface area contributed by atoms with Crippen molar-refractivity contribution in [3.63, 3.8) is 0 Å². The van der Waals surface area contributed by atoms with E-state index in [-0.39, 0.29) is 0 Å². The van der Waals surface area contributed by atoms with Crippen LogP contribution in [-0.4, -0.2) is 92.4 Å². The molecule has 0 aromatic rings. The van der Waals surface area contributed by atoms with E-state index in [1.165, 1.54) is 39.3 Å². The summed E-state index contributed by atoms with van der Waals surface area (Å²) >= 11 is 35.3. The Morgan fingerprint density at radius 3 is 0.875 bits per heavy atom. The highest BCUT2D eigenvalue weighted by molar-refractivity contribution is 6.45. The summed E-state index contributed by atoms with van der Waals surface area (Å²) in [5.41, 5.74) is 0. The molecule has 3 saturated heterocycles. The van der Waals surface area contributed by atoms with E-state index in [0.717, 1.165) is 6.92 Å². The van der Waals surface area contributed by atoms with Crippen LogP contribution in [0.4, 0.5) is 0 Å². The van der Waals surface area contributed by atoms with Crippen LogP contribution in [0.1, 0.15) is 6.92 Å². The molecule has 0 atom stereocenters. The summed E-state index contributed by atoms with van der Waals surface area (Å²) in [5.74, 6) is -0.833. The number of piperazine rings is 3. The van der Waals surface area contributed by atoms with E-state index in [1.54, 1.807) is 0 Å². The van der Waals surface area contributed by atoms with Crippen LogP contribution >= 0.6 is 69.6 Å². The zero-order valence-electron chi connectivity index (χ0n) is 13.2. The molecule has 4 rings (SSSR count). The quantitative estimate of drug-likeness (QED) is 0.561. The van der Waals surface area contributed by atoms with Crippen molar-refractivity contribution in [2.75, 3.05) is 39.3 Å². The summed E-state index contributed by atoms with van der Waals surface area (Å²) in [4.78, 5) is 14.1. The fourth-order valence-corrected chi connectivity index (χ4v) is 4.90. The minimum atomic E-state index is -0.833. The largest absolute Gasteiger partial charge is 0.481 e.